The van der Waals surface area contributed by atoms with E-state index < -0.39 is 33.6 Å². The van der Waals surface area contributed by atoms with Crippen molar-refractivity contribution in [2.75, 3.05) is 13.2 Å². The van der Waals surface area contributed by atoms with Crippen molar-refractivity contribution in [3.8, 4) is 5.75 Å². The van der Waals surface area contributed by atoms with Gasteiger partial charge in [0.2, 0.25) is 17.0 Å². The molecule has 0 fully saturated rings. The van der Waals surface area contributed by atoms with Gasteiger partial charge in [-0.05, 0) is 51.5 Å². The van der Waals surface area contributed by atoms with Crippen molar-refractivity contribution in [2.45, 2.75) is 103 Å². The molecule has 0 aliphatic carbocycles. The summed E-state index contributed by atoms with van der Waals surface area (Å²) in [6, 6.07) is 6.49. The Morgan fingerprint density at radius 3 is 2.37 bits per heavy atom. The number of aromatic nitrogens is 4. The van der Waals surface area contributed by atoms with Gasteiger partial charge in [0.15, 0.2) is 16.7 Å². The Kier molecular flexibility index (Phi) is 13.8. The molecular weight excluding hydrogens is 613 g/mol. The zero-order chi connectivity index (χ0) is 31.4. The van der Waals surface area contributed by atoms with Crippen molar-refractivity contribution in [1.29, 1.82) is 0 Å². The average Bonchev–Trinajstić information content (AvgIpc) is 3.51. The van der Waals surface area contributed by atoms with E-state index in [4.69, 9.17) is 32.1 Å². The molecule has 0 aliphatic heterocycles. The van der Waals surface area contributed by atoms with Crippen LogP contribution in [-0.2, 0) is 30.8 Å². The fraction of sp³-hybridized carbons (Fsp3) is 0.600. The van der Waals surface area contributed by atoms with Gasteiger partial charge in [0.1, 0.15) is 17.4 Å². The van der Waals surface area contributed by atoms with Crippen LogP contribution in [0, 0.1) is 6.92 Å². The van der Waals surface area contributed by atoms with Crippen LogP contribution >= 0.6 is 23.2 Å². The molecule has 2 unspecified atom stereocenters. The molecule has 2 atom stereocenters. The Hall–Kier alpha value is -2.63. The molecule has 1 aromatic carbocycles. The van der Waals surface area contributed by atoms with E-state index >= 15 is 0 Å². The monoisotopic (exact) mass is 655 g/mol. The quantitative estimate of drug-likeness (QED) is 0.109. The van der Waals surface area contributed by atoms with Crippen molar-refractivity contribution in [1.82, 2.24) is 25.1 Å². The number of hydrogen-bond acceptors (Lipinski definition) is 7. The molecule has 0 spiro atoms. The predicted octanol–water partition coefficient (Wildman–Crippen LogP) is 6.64. The number of fused-ring (bicyclic) bond motifs is 1. The van der Waals surface area contributed by atoms with Crippen molar-refractivity contribution in [3.05, 3.63) is 45.8 Å². The molecule has 0 aliphatic rings. The molecule has 13 heteroatoms. The van der Waals surface area contributed by atoms with Gasteiger partial charge in [-0.2, -0.15) is 0 Å². The highest BCUT2D eigenvalue weighted by molar-refractivity contribution is 7.82. The standard InChI is InChI=1S/C30H43Cl2N5O5S/c1-5-6-7-8-9-10-11-12-13-24(43(40)42-23-16-14-22(31)15-17-23)28(39)33-19-18-25(38)41-20-30(3,4)29-35-34-27-26(32)21(2)36-37(27)29/h14-17,24,36H,5-13,18-20H2,1-4H3,(H,33,39). The van der Waals surface area contributed by atoms with E-state index in [2.05, 4.69) is 27.5 Å². The molecule has 3 rings (SSSR count). The van der Waals surface area contributed by atoms with Crippen molar-refractivity contribution < 1.29 is 22.7 Å². The molecule has 0 bridgehead atoms. The van der Waals surface area contributed by atoms with Gasteiger partial charge in [0.25, 0.3) is 0 Å². The minimum absolute atomic E-state index is 0.0420. The molecule has 1 amide bonds. The SMILES string of the molecule is CCCCCCCCCCC(C(=O)NCCC(=O)OCC(C)(C)c1nnc2c(Cl)c(C)[nH]n12)S(=O)Oc1ccc(Cl)cc1. The van der Waals surface area contributed by atoms with Gasteiger partial charge >= 0.3 is 5.97 Å². The number of aromatic amines is 1. The highest BCUT2D eigenvalue weighted by atomic mass is 35.5. The molecule has 3 aromatic rings. The summed E-state index contributed by atoms with van der Waals surface area (Å²) in [7, 11) is 0. The maximum absolute atomic E-state index is 13.1. The van der Waals surface area contributed by atoms with E-state index in [9.17, 15) is 13.8 Å². The maximum Gasteiger partial charge on any atom is 0.307 e. The van der Waals surface area contributed by atoms with Crippen LogP contribution in [-0.4, -0.2) is 54.3 Å². The number of nitrogens with zero attached hydrogens (tertiary/aromatic N) is 3. The van der Waals surface area contributed by atoms with Crippen LogP contribution in [0.4, 0.5) is 0 Å². The molecule has 0 radical (unpaired) electrons. The third kappa shape index (κ3) is 10.5. The number of halogens is 2. The van der Waals surface area contributed by atoms with Crippen molar-refractivity contribution >= 4 is 51.8 Å². The summed E-state index contributed by atoms with van der Waals surface area (Å²) in [5.74, 6) is 0.0381. The summed E-state index contributed by atoms with van der Waals surface area (Å²) in [6.45, 7) is 7.89. The second kappa shape index (κ2) is 17.0. The number of rotatable bonds is 19. The number of carbonyl (C=O) groups excluding carboxylic acids is 2. The zero-order valence-electron chi connectivity index (χ0n) is 25.4. The summed E-state index contributed by atoms with van der Waals surface area (Å²) in [5, 5.41) is 14.3. The fourth-order valence-corrected chi connectivity index (χ4v) is 5.90. The third-order valence-electron chi connectivity index (χ3n) is 7.13. The van der Waals surface area contributed by atoms with Gasteiger partial charge in [-0.3, -0.25) is 14.7 Å². The number of hydrogen-bond donors (Lipinski definition) is 2. The molecule has 10 nitrogen and oxygen atoms in total. The Morgan fingerprint density at radius 1 is 1.05 bits per heavy atom. The van der Waals surface area contributed by atoms with E-state index in [0.29, 0.717) is 33.7 Å². The number of unbranched alkanes of at least 4 members (excludes halogenated alkanes) is 7. The second-order valence-corrected chi connectivity index (χ2v) is 13.4. The lowest BCUT2D eigenvalue weighted by molar-refractivity contribution is -0.145. The van der Waals surface area contributed by atoms with Crippen molar-refractivity contribution in [3.63, 3.8) is 0 Å². The van der Waals surface area contributed by atoms with Crippen LogP contribution < -0.4 is 9.50 Å². The molecule has 238 valence electrons. The Labute approximate surface area is 266 Å². The smallest absolute Gasteiger partial charge is 0.307 e. The number of ether oxygens (including phenoxy) is 1. The maximum atomic E-state index is 13.1. The number of aryl methyl sites for hydroxylation is 1. The first-order valence-corrected chi connectivity index (χ1v) is 16.8. The summed E-state index contributed by atoms with van der Waals surface area (Å²) in [5.41, 5.74) is 0.613. The summed E-state index contributed by atoms with van der Waals surface area (Å²) in [6.07, 6.45) is 9.20. The molecule has 0 saturated carbocycles. The molecule has 43 heavy (non-hydrogen) atoms. The Balaban J connectivity index is 1.49. The summed E-state index contributed by atoms with van der Waals surface area (Å²) in [4.78, 5) is 25.6. The van der Waals surface area contributed by atoms with Gasteiger partial charge in [-0.1, -0.05) is 81.5 Å². The Bertz CT molecular complexity index is 1360. The predicted molar refractivity (Wildman–Crippen MR) is 170 cm³/mol. The number of esters is 1. The van der Waals surface area contributed by atoms with Gasteiger partial charge in [0, 0.05) is 11.6 Å². The number of benzene rings is 1. The second-order valence-electron chi connectivity index (χ2n) is 11.4. The van der Waals surface area contributed by atoms with E-state index in [1.165, 1.54) is 25.7 Å². The van der Waals surface area contributed by atoms with Crippen LogP contribution in [0.3, 0.4) is 0 Å². The first-order chi connectivity index (χ1) is 20.5. The topological polar surface area (TPSA) is 128 Å². The lowest BCUT2D eigenvalue weighted by atomic mass is 9.94. The van der Waals surface area contributed by atoms with Gasteiger partial charge in [-0.15, -0.1) is 10.2 Å². The summed E-state index contributed by atoms with van der Waals surface area (Å²) < 4.78 is 25.9. The largest absolute Gasteiger partial charge is 0.465 e. The number of amides is 1. The lowest BCUT2D eigenvalue weighted by Crippen LogP contribution is -2.40. The molecule has 2 heterocycles. The van der Waals surface area contributed by atoms with Crippen LogP contribution in [0.25, 0.3) is 5.65 Å². The number of nitrogens with one attached hydrogen (secondary N) is 2. The average molecular weight is 657 g/mol. The number of carbonyl (C=O) groups is 2. The van der Waals surface area contributed by atoms with Gasteiger partial charge in [0.05, 0.1) is 17.5 Å². The number of H-pyrrole nitrogens is 1. The molecule has 0 saturated heterocycles. The normalized spacial score (nSPS) is 13.2. The summed E-state index contributed by atoms with van der Waals surface area (Å²) >= 11 is 10.3. The van der Waals surface area contributed by atoms with Crippen LogP contribution in [0.2, 0.25) is 10.0 Å². The highest BCUT2D eigenvalue weighted by Crippen LogP contribution is 2.27. The highest BCUT2D eigenvalue weighted by Gasteiger charge is 2.31. The lowest BCUT2D eigenvalue weighted by Gasteiger charge is -2.22. The van der Waals surface area contributed by atoms with E-state index in [1.54, 1.807) is 28.8 Å². The first kappa shape index (κ1) is 34.9. The van der Waals surface area contributed by atoms with Crippen LogP contribution in [0.5, 0.6) is 5.75 Å². The minimum Gasteiger partial charge on any atom is -0.465 e. The van der Waals surface area contributed by atoms with E-state index in [0.717, 1.165) is 31.4 Å². The third-order valence-corrected chi connectivity index (χ3v) is 9.11. The van der Waals surface area contributed by atoms with Crippen LogP contribution in [0.1, 0.15) is 96.5 Å². The van der Waals surface area contributed by atoms with E-state index in [-0.39, 0.29) is 19.6 Å². The zero-order valence-corrected chi connectivity index (χ0v) is 27.7. The van der Waals surface area contributed by atoms with Gasteiger partial charge < -0.3 is 14.2 Å². The van der Waals surface area contributed by atoms with Gasteiger partial charge in [-0.25, -0.2) is 8.72 Å². The molecule has 2 N–H and O–H groups in total. The Morgan fingerprint density at radius 2 is 1.70 bits per heavy atom. The molecular formula is C30H43Cl2N5O5S. The minimum atomic E-state index is -1.91. The van der Waals surface area contributed by atoms with Crippen molar-refractivity contribution in [2.24, 2.45) is 0 Å². The van der Waals surface area contributed by atoms with E-state index in [1.807, 2.05) is 20.8 Å². The van der Waals surface area contributed by atoms with Crippen LogP contribution in [0.15, 0.2) is 24.3 Å². The first-order valence-electron chi connectivity index (χ1n) is 14.9. The molecule has 2 aromatic heterocycles. The fourth-order valence-electron chi connectivity index (χ4n) is 4.58.